The van der Waals surface area contributed by atoms with Gasteiger partial charge in [0.25, 0.3) is 0 Å². The Bertz CT molecular complexity index is 411. The average molecular weight is 264 g/mol. The van der Waals surface area contributed by atoms with E-state index in [1.165, 1.54) is 6.92 Å². The fraction of sp³-hybridized carbons (Fsp3) is 0.533. The largest absolute Gasteiger partial charge is 0.493 e. The Kier molecular flexibility index (Phi) is 5.83. The van der Waals surface area contributed by atoms with Crippen molar-refractivity contribution in [3.8, 4) is 5.75 Å². The summed E-state index contributed by atoms with van der Waals surface area (Å²) in [5.41, 5.74) is 0.906. The molecule has 4 nitrogen and oxygen atoms in total. The molecule has 0 aliphatic heterocycles. The number of carbonyl (C=O) groups excluding carboxylic acids is 1. The van der Waals surface area contributed by atoms with Crippen molar-refractivity contribution < 1.29 is 9.53 Å². The molecule has 0 aliphatic carbocycles. The van der Waals surface area contributed by atoms with Crippen LogP contribution < -0.4 is 15.4 Å². The first-order valence-corrected chi connectivity index (χ1v) is 6.62. The molecule has 0 radical (unpaired) electrons. The molecular weight excluding hydrogens is 240 g/mol. The fourth-order valence-corrected chi connectivity index (χ4v) is 1.59. The number of nitrogens with one attached hydrogen (secondary N) is 2. The molecule has 0 aromatic heterocycles. The van der Waals surface area contributed by atoms with Gasteiger partial charge in [-0.05, 0) is 45.9 Å². The van der Waals surface area contributed by atoms with E-state index in [2.05, 4.69) is 31.4 Å². The molecular formula is C15H24N2O2. The normalized spacial score (nSPS) is 11.2. The lowest BCUT2D eigenvalue weighted by atomic mass is 10.1. The summed E-state index contributed by atoms with van der Waals surface area (Å²) in [5.74, 6) is 0.702. The van der Waals surface area contributed by atoms with Crippen LogP contribution in [0.3, 0.4) is 0 Å². The molecule has 1 aromatic rings. The van der Waals surface area contributed by atoms with Crippen LogP contribution in [0, 0.1) is 0 Å². The van der Waals surface area contributed by atoms with Crippen LogP contribution in [-0.4, -0.2) is 24.6 Å². The summed E-state index contributed by atoms with van der Waals surface area (Å²) in [7, 11) is 0. The predicted octanol–water partition coefficient (Wildman–Crippen LogP) is 2.80. The second kappa shape index (κ2) is 7.14. The molecule has 0 bridgehead atoms. The quantitative estimate of drug-likeness (QED) is 0.777. The topological polar surface area (TPSA) is 50.4 Å². The number of amides is 1. The zero-order valence-corrected chi connectivity index (χ0v) is 12.2. The van der Waals surface area contributed by atoms with E-state index in [0.717, 1.165) is 24.4 Å². The number of anilines is 1. The lowest BCUT2D eigenvalue weighted by Gasteiger charge is -2.20. The summed E-state index contributed by atoms with van der Waals surface area (Å²) in [6.07, 6.45) is 0.946. The molecule has 0 saturated carbocycles. The molecule has 0 heterocycles. The van der Waals surface area contributed by atoms with Crippen LogP contribution >= 0.6 is 0 Å². The Morgan fingerprint density at radius 3 is 2.68 bits per heavy atom. The molecule has 1 rings (SSSR count). The Morgan fingerprint density at radius 2 is 2.05 bits per heavy atom. The maximum Gasteiger partial charge on any atom is 0.221 e. The van der Waals surface area contributed by atoms with Crippen molar-refractivity contribution in [2.24, 2.45) is 0 Å². The number of ether oxygens (including phenoxy) is 1. The summed E-state index contributed by atoms with van der Waals surface area (Å²) in [4.78, 5) is 11.0. The Hall–Kier alpha value is -1.55. The third-order valence-electron chi connectivity index (χ3n) is 2.40. The summed E-state index contributed by atoms with van der Waals surface area (Å²) >= 11 is 0. The van der Waals surface area contributed by atoms with Gasteiger partial charge < -0.3 is 15.4 Å². The van der Waals surface area contributed by atoms with E-state index in [0.29, 0.717) is 6.61 Å². The van der Waals surface area contributed by atoms with Crippen molar-refractivity contribution >= 4 is 11.6 Å². The van der Waals surface area contributed by atoms with E-state index in [9.17, 15) is 4.79 Å². The van der Waals surface area contributed by atoms with Gasteiger partial charge in [0.2, 0.25) is 5.91 Å². The van der Waals surface area contributed by atoms with Crippen LogP contribution in [-0.2, 0) is 4.79 Å². The van der Waals surface area contributed by atoms with Crippen LogP contribution in [0.15, 0.2) is 24.3 Å². The molecule has 106 valence electrons. The first kappa shape index (κ1) is 15.5. The van der Waals surface area contributed by atoms with E-state index in [1.54, 1.807) is 0 Å². The second-order valence-corrected chi connectivity index (χ2v) is 5.59. The molecule has 1 amide bonds. The average Bonchev–Trinajstić information content (AvgIpc) is 2.26. The lowest BCUT2D eigenvalue weighted by Crippen LogP contribution is -2.36. The molecule has 0 atom stereocenters. The van der Waals surface area contributed by atoms with E-state index in [4.69, 9.17) is 4.74 Å². The van der Waals surface area contributed by atoms with E-state index < -0.39 is 0 Å². The zero-order chi connectivity index (χ0) is 14.3. The number of benzene rings is 1. The van der Waals surface area contributed by atoms with Crippen molar-refractivity contribution in [1.29, 1.82) is 0 Å². The summed E-state index contributed by atoms with van der Waals surface area (Å²) in [6.45, 7) is 9.51. The van der Waals surface area contributed by atoms with Gasteiger partial charge in [-0.2, -0.15) is 0 Å². The Labute approximate surface area is 115 Å². The zero-order valence-electron chi connectivity index (χ0n) is 12.2. The highest BCUT2D eigenvalue weighted by atomic mass is 16.5. The maximum absolute atomic E-state index is 11.0. The SMILES string of the molecule is CC(=O)Nc1cccc(OCCCNC(C)(C)C)c1. The van der Waals surface area contributed by atoms with Crippen molar-refractivity contribution in [2.75, 3.05) is 18.5 Å². The standard InChI is InChI=1S/C15H24N2O2/c1-12(18)17-13-7-5-8-14(11-13)19-10-6-9-16-15(2,3)4/h5,7-8,11,16H,6,9-10H2,1-4H3,(H,17,18). The summed E-state index contributed by atoms with van der Waals surface area (Å²) < 4.78 is 5.65. The highest BCUT2D eigenvalue weighted by molar-refractivity contribution is 5.88. The molecule has 0 unspecified atom stereocenters. The van der Waals surface area contributed by atoms with Crippen molar-refractivity contribution in [2.45, 2.75) is 39.7 Å². The van der Waals surface area contributed by atoms with Crippen molar-refractivity contribution in [3.63, 3.8) is 0 Å². The number of rotatable bonds is 6. The summed E-state index contributed by atoms with van der Waals surface area (Å²) in [5, 5.41) is 6.14. The third-order valence-corrected chi connectivity index (χ3v) is 2.40. The Morgan fingerprint density at radius 1 is 1.32 bits per heavy atom. The van der Waals surface area contributed by atoms with Crippen LogP contribution in [0.5, 0.6) is 5.75 Å². The van der Waals surface area contributed by atoms with E-state index >= 15 is 0 Å². The van der Waals surface area contributed by atoms with Crippen molar-refractivity contribution in [3.05, 3.63) is 24.3 Å². The minimum atomic E-state index is -0.0773. The van der Waals surface area contributed by atoms with Gasteiger partial charge in [-0.15, -0.1) is 0 Å². The molecule has 0 spiro atoms. The molecule has 0 fully saturated rings. The predicted molar refractivity (Wildman–Crippen MR) is 78.6 cm³/mol. The van der Waals surface area contributed by atoms with E-state index in [-0.39, 0.29) is 11.4 Å². The summed E-state index contributed by atoms with van der Waals surface area (Å²) in [6, 6.07) is 7.44. The monoisotopic (exact) mass is 264 g/mol. The van der Waals surface area contributed by atoms with Gasteiger partial charge in [-0.1, -0.05) is 6.07 Å². The first-order chi connectivity index (χ1) is 8.87. The van der Waals surface area contributed by atoms with Crippen LogP contribution in [0.2, 0.25) is 0 Å². The van der Waals surface area contributed by atoms with E-state index in [1.807, 2.05) is 24.3 Å². The Balaban J connectivity index is 2.31. The number of carbonyl (C=O) groups is 1. The van der Waals surface area contributed by atoms with Crippen LogP contribution in [0.4, 0.5) is 5.69 Å². The highest BCUT2D eigenvalue weighted by Gasteiger charge is 2.07. The van der Waals surface area contributed by atoms with Gasteiger partial charge in [0.15, 0.2) is 0 Å². The molecule has 0 saturated heterocycles. The molecule has 4 heteroatoms. The molecule has 1 aromatic carbocycles. The first-order valence-electron chi connectivity index (χ1n) is 6.62. The lowest BCUT2D eigenvalue weighted by molar-refractivity contribution is -0.114. The van der Waals surface area contributed by atoms with Gasteiger partial charge in [-0.3, -0.25) is 4.79 Å². The number of hydrogen-bond donors (Lipinski definition) is 2. The van der Waals surface area contributed by atoms with Gasteiger partial charge in [0.1, 0.15) is 5.75 Å². The van der Waals surface area contributed by atoms with Gasteiger partial charge in [0, 0.05) is 24.2 Å². The highest BCUT2D eigenvalue weighted by Crippen LogP contribution is 2.17. The van der Waals surface area contributed by atoms with Crippen LogP contribution in [0.25, 0.3) is 0 Å². The van der Waals surface area contributed by atoms with Gasteiger partial charge in [-0.25, -0.2) is 0 Å². The number of hydrogen-bond acceptors (Lipinski definition) is 3. The third kappa shape index (κ3) is 7.47. The maximum atomic E-state index is 11.0. The van der Waals surface area contributed by atoms with Crippen LogP contribution in [0.1, 0.15) is 34.1 Å². The molecule has 19 heavy (non-hydrogen) atoms. The minimum Gasteiger partial charge on any atom is -0.493 e. The van der Waals surface area contributed by atoms with Gasteiger partial charge in [0.05, 0.1) is 6.61 Å². The molecule has 0 aliphatic rings. The molecule has 2 N–H and O–H groups in total. The van der Waals surface area contributed by atoms with Gasteiger partial charge >= 0.3 is 0 Å². The smallest absolute Gasteiger partial charge is 0.221 e. The van der Waals surface area contributed by atoms with Crippen molar-refractivity contribution in [1.82, 2.24) is 5.32 Å². The fourth-order valence-electron chi connectivity index (χ4n) is 1.59. The minimum absolute atomic E-state index is 0.0773. The second-order valence-electron chi connectivity index (χ2n) is 5.59.